The van der Waals surface area contributed by atoms with Crippen LogP contribution in [0, 0.1) is 0 Å². The van der Waals surface area contributed by atoms with E-state index in [2.05, 4.69) is 5.32 Å². The second-order valence-electron chi connectivity index (χ2n) is 4.41. The van der Waals surface area contributed by atoms with E-state index in [4.69, 9.17) is 21.1 Å². The van der Waals surface area contributed by atoms with Crippen molar-refractivity contribution in [2.24, 2.45) is 0 Å². The third kappa shape index (κ3) is 4.13. The van der Waals surface area contributed by atoms with Crippen LogP contribution in [0.15, 0.2) is 48.5 Å². The van der Waals surface area contributed by atoms with Gasteiger partial charge in [0.05, 0.1) is 7.11 Å². The van der Waals surface area contributed by atoms with Gasteiger partial charge in [-0.3, -0.25) is 4.79 Å². The highest BCUT2D eigenvalue weighted by Gasteiger charge is 2.16. The quantitative estimate of drug-likeness (QED) is 0.915. The van der Waals surface area contributed by atoms with Crippen LogP contribution in [0.4, 0.5) is 5.69 Å². The Morgan fingerprint density at radius 3 is 2.33 bits per heavy atom. The highest BCUT2D eigenvalue weighted by molar-refractivity contribution is 6.30. The molecule has 0 bridgehead atoms. The molecule has 0 heterocycles. The molecule has 2 rings (SSSR count). The van der Waals surface area contributed by atoms with Gasteiger partial charge in [-0.15, -0.1) is 0 Å². The highest BCUT2D eigenvalue weighted by Crippen LogP contribution is 2.27. The second-order valence-corrected chi connectivity index (χ2v) is 4.84. The molecule has 2 aromatic carbocycles. The molecule has 1 atom stereocenters. The van der Waals surface area contributed by atoms with Crippen LogP contribution in [-0.4, -0.2) is 19.1 Å². The summed E-state index contributed by atoms with van der Waals surface area (Å²) >= 11 is 5.80. The van der Waals surface area contributed by atoms with E-state index in [0.29, 0.717) is 22.2 Å². The molecule has 0 saturated heterocycles. The van der Waals surface area contributed by atoms with Crippen LogP contribution in [0.3, 0.4) is 0 Å². The number of rotatable bonds is 5. The summed E-state index contributed by atoms with van der Waals surface area (Å²) in [5.74, 6) is 0.866. The first-order chi connectivity index (χ1) is 10.1. The van der Waals surface area contributed by atoms with Crippen molar-refractivity contribution >= 4 is 23.2 Å². The maximum Gasteiger partial charge on any atom is 0.265 e. The minimum Gasteiger partial charge on any atom is -0.493 e. The number of carbonyl (C=O) groups excluding carboxylic acids is 1. The molecule has 0 radical (unpaired) electrons. The number of nitrogens with one attached hydrogen (secondary N) is 1. The monoisotopic (exact) mass is 305 g/mol. The Kier molecular flexibility index (Phi) is 5.06. The molecule has 0 saturated carbocycles. The molecule has 0 aromatic heterocycles. The standard InChI is InChI=1S/C16H16ClNO3/c1-11(21-15-6-4-3-5-14(15)20-2)16(19)18-13-9-7-12(17)8-10-13/h3-11H,1-2H3,(H,18,19). The van der Waals surface area contributed by atoms with E-state index in [1.54, 1.807) is 50.4 Å². The maximum absolute atomic E-state index is 12.1. The number of amides is 1. The average molecular weight is 306 g/mol. The lowest BCUT2D eigenvalue weighted by Crippen LogP contribution is -2.30. The summed E-state index contributed by atoms with van der Waals surface area (Å²) in [6.07, 6.45) is -0.656. The van der Waals surface area contributed by atoms with Crippen molar-refractivity contribution in [2.45, 2.75) is 13.0 Å². The van der Waals surface area contributed by atoms with Crippen LogP contribution < -0.4 is 14.8 Å². The SMILES string of the molecule is COc1ccccc1OC(C)C(=O)Nc1ccc(Cl)cc1. The number of benzene rings is 2. The molecule has 1 amide bonds. The third-order valence-corrected chi connectivity index (χ3v) is 3.11. The summed E-state index contributed by atoms with van der Waals surface area (Å²) in [6.45, 7) is 1.68. The molecular formula is C16H16ClNO3. The Bertz CT molecular complexity index is 613. The Hall–Kier alpha value is -2.20. The van der Waals surface area contributed by atoms with Crippen molar-refractivity contribution in [1.29, 1.82) is 0 Å². The molecule has 0 aliphatic carbocycles. The van der Waals surface area contributed by atoms with Gasteiger partial charge >= 0.3 is 0 Å². The molecule has 1 unspecified atom stereocenters. The van der Waals surface area contributed by atoms with Gasteiger partial charge in [0.2, 0.25) is 0 Å². The summed E-state index contributed by atoms with van der Waals surface area (Å²) < 4.78 is 10.8. The van der Waals surface area contributed by atoms with Crippen molar-refractivity contribution in [1.82, 2.24) is 0 Å². The average Bonchev–Trinajstić information content (AvgIpc) is 2.50. The van der Waals surface area contributed by atoms with Gasteiger partial charge in [-0.25, -0.2) is 0 Å². The predicted octanol–water partition coefficient (Wildman–Crippen LogP) is 3.75. The topological polar surface area (TPSA) is 47.6 Å². The van der Waals surface area contributed by atoms with Crippen LogP contribution in [0.1, 0.15) is 6.92 Å². The first kappa shape index (κ1) is 15.2. The number of hydrogen-bond donors (Lipinski definition) is 1. The minimum absolute atomic E-state index is 0.247. The number of carbonyl (C=O) groups is 1. The van der Waals surface area contributed by atoms with Gasteiger partial charge in [-0.2, -0.15) is 0 Å². The molecular weight excluding hydrogens is 290 g/mol. The smallest absolute Gasteiger partial charge is 0.265 e. The first-order valence-corrected chi connectivity index (χ1v) is 6.84. The van der Waals surface area contributed by atoms with Crippen LogP contribution in [0.2, 0.25) is 5.02 Å². The fraction of sp³-hybridized carbons (Fsp3) is 0.188. The zero-order valence-corrected chi connectivity index (χ0v) is 12.6. The normalized spacial score (nSPS) is 11.6. The Labute approximate surface area is 128 Å². The van der Waals surface area contributed by atoms with Crippen LogP contribution in [-0.2, 0) is 4.79 Å². The Balaban J connectivity index is 2.01. The fourth-order valence-corrected chi connectivity index (χ4v) is 1.86. The number of ether oxygens (including phenoxy) is 2. The van der Waals surface area contributed by atoms with Gasteiger partial charge < -0.3 is 14.8 Å². The molecule has 21 heavy (non-hydrogen) atoms. The van der Waals surface area contributed by atoms with Crippen molar-refractivity contribution < 1.29 is 14.3 Å². The number of para-hydroxylation sites is 2. The van der Waals surface area contributed by atoms with Gasteiger partial charge in [-0.1, -0.05) is 23.7 Å². The zero-order valence-electron chi connectivity index (χ0n) is 11.8. The maximum atomic E-state index is 12.1. The van der Waals surface area contributed by atoms with Crippen molar-refractivity contribution in [2.75, 3.05) is 12.4 Å². The van der Waals surface area contributed by atoms with Crippen molar-refractivity contribution in [3.05, 3.63) is 53.6 Å². The summed E-state index contributed by atoms with van der Waals surface area (Å²) in [4.78, 5) is 12.1. The van der Waals surface area contributed by atoms with Crippen LogP contribution >= 0.6 is 11.6 Å². The lowest BCUT2D eigenvalue weighted by molar-refractivity contribution is -0.122. The molecule has 0 fully saturated rings. The van der Waals surface area contributed by atoms with E-state index < -0.39 is 6.10 Å². The van der Waals surface area contributed by atoms with Crippen molar-refractivity contribution in [3.63, 3.8) is 0 Å². The summed E-state index contributed by atoms with van der Waals surface area (Å²) in [6, 6.07) is 14.1. The molecule has 110 valence electrons. The van der Waals surface area contributed by atoms with E-state index in [0.717, 1.165) is 0 Å². The van der Waals surface area contributed by atoms with E-state index >= 15 is 0 Å². The second kappa shape index (κ2) is 6.99. The van der Waals surface area contributed by atoms with E-state index in [9.17, 15) is 4.79 Å². The van der Waals surface area contributed by atoms with Crippen molar-refractivity contribution in [3.8, 4) is 11.5 Å². The molecule has 0 aliphatic rings. The van der Waals surface area contributed by atoms with Crippen LogP contribution in [0.25, 0.3) is 0 Å². The van der Waals surface area contributed by atoms with E-state index in [1.165, 1.54) is 0 Å². The van der Waals surface area contributed by atoms with Crippen LogP contribution in [0.5, 0.6) is 11.5 Å². The largest absolute Gasteiger partial charge is 0.493 e. The fourth-order valence-electron chi connectivity index (χ4n) is 1.74. The molecule has 5 heteroatoms. The zero-order chi connectivity index (χ0) is 15.2. The summed E-state index contributed by atoms with van der Waals surface area (Å²) in [7, 11) is 1.56. The van der Waals surface area contributed by atoms with E-state index in [1.807, 2.05) is 12.1 Å². The van der Waals surface area contributed by atoms with Gasteiger partial charge in [0.15, 0.2) is 17.6 Å². The number of anilines is 1. The first-order valence-electron chi connectivity index (χ1n) is 6.46. The lowest BCUT2D eigenvalue weighted by Gasteiger charge is -2.16. The molecule has 1 N–H and O–H groups in total. The third-order valence-electron chi connectivity index (χ3n) is 2.85. The Morgan fingerprint density at radius 2 is 1.71 bits per heavy atom. The number of hydrogen-bond acceptors (Lipinski definition) is 3. The van der Waals surface area contributed by atoms with Gasteiger partial charge in [0, 0.05) is 10.7 Å². The van der Waals surface area contributed by atoms with Gasteiger partial charge in [-0.05, 0) is 43.3 Å². The van der Waals surface area contributed by atoms with Gasteiger partial charge in [0.1, 0.15) is 0 Å². The summed E-state index contributed by atoms with van der Waals surface area (Å²) in [5, 5.41) is 3.38. The van der Waals surface area contributed by atoms with E-state index in [-0.39, 0.29) is 5.91 Å². The number of halogens is 1. The minimum atomic E-state index is -0.656. The highest BCUT2D eigenvalue weighted by atomic mass is 35.5. The molecule has 2 aromatic rings. The summed E-state index contributed by atoms with van der Waals surface area (Å²) in [5.41, 5.74) is 0.667. The predicted molar refractivity (Wildman–Crippen MR) is 83.2 cm³/mol. The molecule has 4 nitrogen and oxygen atoms in total. The lowest BCUT2D eigenvalue weighted by atomic mass is 10.3. The molecule has 0 aliphatic heterocycles. The Morgan fingerprint density at radius 1 is 1.10 bits per heavy atom. The van der Waals surface area contributed by atoms with Gasteiger partial charge in [0.25, 0.3) is 5.91 Å². The molecule has 0 spiro atoms. The number of methoxy groups -OCH3 is 1.